The summed E-state index contributed by atoms with van der Waals surface area (Å²) in [4.78, 5) is 19.6. The third-order valence-electron chi connectivity index (χ3n) is 4.05. The summed E-state index contributed by atoms with van der Waals surface area (Å²) in [5, 5.41) is 2.95. The Morgan fingerprint density at radius 2 is 2.18 bits per heavy atom. The number of aromatic nitrogens is 2. The van der Waals surface area contributed by atoms with E-state index in [-0.39, 0.29) is 36.8 Å². The van der Waals surface area contributed by atoms with Crippen molar-refractivity contribution in [2.24, 2.45) is 11.7 Å². The van der Waals surface area contributed by atoms with Crippen LogP contribution in [0.1, 0.15) is 31.5 Å². The molecule has 2 atom stereocenters. The second-order valence-corrected chi connectivity index (χ2v) is 5.66. The molecule has 0 spiro atoms. The number of imidazole rings is 1. The predicted molar refractivity (Wildman–Crippen MR) is 93.9 cm³/mol. The molecule has 1 heterocycles. The normalized spacial score (nSPS) is 20.3. The Morgan fingerprint density at radius 3 is 2.86 bits per heavy atom. The van der Waals surface area contributed by atoms with E-state index in [1.165, 1.54) is 0 Å². The summed E-state index contributed by atoms with van der Waals surface area (Å²) in [5.41, 5.74) is 8.67. The van der Waals surface area contributed by atoms with Gasteiger partial charge in [-0.25, -0.2) is 4.98 Å². The summed E-state index contributed by atoms with van der Waals surface area (Å²) in [6, 6.07) is 5.89. The van der Waals surface area contributed by atoms with Gasteiger partial charge in [-0.3, -0.25) is 4.79 Å². The second kappa shape index (κ2) is 7.81. The first-order chi connectivity index (χ1) is 9.61. The van der Waals surface area contributed by atoms with Crippen LogP contribution in [0.2, 0.25) is 0 Å². The molecule has 4 N–H and O–H groups in total. The van der Waals surface area contributed by atoms with Crippen LogP contribution in [-0.2, 0) is 4.79 Å². The first kappa shape index (κ1) is 18.7. The number of amides is 1. The fourth-order valence-electron chi connectivity index (χ4n) is 2.98. The molecule has 1 aliphatic carbocycles. The number of fused-ring (bicyclic) bond motifs is 1. The Kier molecular flexibility index (Phi) is 6.66. The molecule has 22 heavy (non-hydrogen) atoms. The van der Waals surface area contributed by atoms with Crippen LogP contribution in [0.5, 0.6) is 0 Å². The molecule has 2 aromatic rings. The average molecular weight is 345 g/mol. The Hall–Kier alpha value is -1.30. The largest absolute Gasteiger partial charge is 0.342 e. The molecule has 0 aliphatic heterocycles. The number of hydrogen-bond donors (Lipinski definition) is 3. The molecule has 0 bridgehead atoms. The lowest BCUT2D eigenvalue weighted by Crippen LogP contribution is -2.28. The number of carbonyl (C=O) groups is 1. The molecule has 5 nitrogen and oxygen atoms in total. The van der Waals surface area contributed by atoms with Crippen molar-refractivity contribution < 1.29 is 4.79 Å². The highest BCUT2D eigenvalue weighted by atomic mass is 35.5. The van der Waals surface area contributed by atoms with E-state index in [1.807, 2.05) is 25.1 Å². The van der Waals surface area contributed by atoms with Crippen molar-refractivity contribution in [1.29, 1.82) is 0 Å². The first-order valence-electron chi connectivity index (χ1n) is 7.13. The molecule has 1 amide bonds. The summed E-state index contributed by atoms with van der Waals surface area (Å²) in [5.74, 6) is 1.25. The summed E-state index contributed by atoms with van der Waals surface area (Å²) < 4.78 is 0. The van der Waals surface area contributed by atoms with Gasteiger partial charge in [0.25, 0.3) is 0 Å². The van der Waals surface area contributed by atoms with Crippen LogP contribution in [-0.4, -0.2) is 21.9 Å². The maximum atomic E-state index is 12.1. The Morgan fingerprint density at radius 1 is 1.41 bits per heavy atom. The van der Waals surface area contributed by atoms with Gasteiger partial charge in [0.2, 0.25) is 5.91 Å². The third kappa shape index (κ3) is 4.12. The van der Waals surface area contributed by atoms with Crippen LogP contribution in [0.3, 0.4) is 0 Å². The summed E-state index contributed by atoms with van der Waals surface area (Å²) >= 11 is 0. The number of nitrogens with zero attached hydrogens (tertiary/aromatic N) is 1. The number of anilines is 1. The van der Waals surface area contributed by atoms with Crippen LogP contribution in [0, 0.1) is 12.8 Å². The summed E-state index contributed by atoms with van der Waals surface area (Å²) in [6.07, 6.45) is 3.75. The lowest BCUT2D eigenvalue weighted by atomic mass is 10.00. The molecule has 1 aliphatic rings. The number of halogens is 2. The molecule has 1 saturated carbocycles. The van der Waals surface area contributed by atoms with E-state index in [9.17, 15) is 4.79 Å². The van der Waals surface area contributed by atoms with Crippen molar-refractivity contribution in [3.05, 3.63) is 24.0 Å². The van der Waals surface area contributed by atoms with Gasteiger partial charge in [-0.05, 0) is 43.9 Å². The average Bonchev–Trinajstić information content (AvgIpc) is 2.94. The van der Waals surface area contributed by atoms with Gasteiger partial charge in [-0.2, -0.15) is 0 Å². The van der Waals surface area contributed by atoms with Crippen molar-refractivity contribution >= 4 is 47.4 Å². The lowest BCUT2D eigenvalue weighted by Gasteiger charge is -2.14. The molecular weight excluding hydrogens is 323 g/mol. The fraction of sp³-hybridized carbons (Fsp3) is 0.467. The minimum absolute atomic E-state index is 0. The van der Waals surface area contributed by atoms with Crippen LogP contribution in [0.15, 0.2) is 18.2 Å². The van der Waals surface area contributed by atoms with Crippen molar-refractivity contribution in [3.63, 3.8) is 0 Å². The van der Waals surface area contributed by atoms with E-state index in [2.05, 4.69) is 15.3 Å². The topological polar surface area (TPSA) is 83.8 Å². The molecule has 1 fully saturated rings. The molecule has 7 heteroatoms. The predicted octanol–water partition coefficient (Wildman–Crippen LogP) is 3.17. The van der Waals surface area contributed by atoms with E-state index in [0.717, 1.165) is 41.8 Å². The number of nitrogens with two attached hydrogens (primary N) is 1. The highest BCUT2D eigenvalue weighted by Gasteiger charge is 2.26. The zero-order valence-corrected chi connectivity index (χ0v) is 14.1. The van der Waals surface area contributed by atoms with E-state index >= 15 is 0 Å². The maximum absolute atomic E-state index is 12.1. The Balaban J connectivity index is 0.00000121. The number of nitrogens with one attached hydrogen (secondary N) is 2. The van der Waals surface area contributed by atoms with E-state index in [1.54, 1.807) is 0 Å². The minimum atomic E-state index is 0. The van der Waals surface area contributed by atoms with E-state index in [0.29, 0.717) is 12.3 Å². The quantitative estimate of drug-likeness (QED) is 0.799. The number of benzene rings is 1. The second-order valence-electron chi connectivity index (χ2n) is 5.66. The highest BCUT2D eigenvalue weighted by Crippen LogP contribution is 2.27. The van der Waals surface area contributed by atoms with Crippen molar-refractivity contribution in [2.45, 2.75) is 38.6 Å². The van der Waals surface area contributed by atoms with Crippen LogP contribution in [0.25, 0.3) is 11.0 Å². The van der Waals surface area contributed by atoms with Gasteiger partial charge in [0.05, 0.1) is 11.0 Å². The molecule has 122 valence electrons. The van der Waals surface area contributed by atoms with Gasteiger partial charge < -0.3 is 16.0 Å². The monoisotopic (exact) mass is 344 g/mol. The smallest absolute Gasteiger partial charge is 0.224 e. The first-order valence-corrected chi connectivity index (χ1v) is 7.13. The zero-order valence-electron chi connectivity index (χ0n) is 12.5. The molecule has 1 aromatic heterocycles. The summed E-state index contributed by atoms with van der Waals surface area (Å²) in [7, 11) is 0. The van der Waals surface area contributed by atoms with Crippen LogP contribution in [0.4, 0.5) is 5.69 Å². The number of hydrogen-bond acceptors (Lipinski definition) is 3. The third-order valence-corrected chi connectivity index (χ3v) is 4.05. The Bertz CT molecular complexity index is 644. The lowest BCUT2D eigenvalue weighted by molar-refractivity contribution is -0.117. The Labute approximate surface area is 142 Å². The van der Waals surface area contributed by atoms with Crippen molar-refractivity contribution in [1.82, 2.24) is 9.97 Å². The van der Waals surface area contributed by atoms with Crippen LogP contribution >= 0.6 is 24.8 Å². The standard InChI is InChI=1S/C15H20N4O.2ClH/c1-9-17-13-6-5-11(8-14(13)18-9)19-15(20)7-10-3-2-4-12(10)16;;/h5-6,8,10,12H,2-4,7,16H2,1H3,(H,17,18)(H,19,20);2*1H/t10-,12+;;/m0../s1. The van der Waals surface area contributed by atoms with Gasteiger partial charge in [-0.15, -0.1) is 24.8 Å². The minimum Gasteiger partial charge on any atom is -0.342 e. The van der Waals surface area contributed by atoms with E-state index in [4.69, 9.17) is 5.73 Å². The maximum Gasteiger partial charge on any atom is 0.224 e. The zero-order chi connectivity index (χ0) is 14.1. The number of aryl methyl sites for hydroxylation is 1. The number of carbonyl (C=O) groups excluding carboxylic acids is 1. The molecule has 0 saturated heterocycles. The molecule has 3 rings (SSSR count). The number of rotatable bonds is 3. The molecule has 0 unspecified atom stereocenters. The van der Waals surface area contributed by atoms with Crippen molar-refractivity contribution in [3.8, 4) is 0 Å². The fourth-order valence-corrected chi connectivity index (χ4v) is 2.98. The van der Waals surface area contributed by atoms with Crippen molar-refractivity contribution in [2.75, 3.05) is 5.32 Å². The summed E-state index contributed by atoms with van der Waals surface area (Å²) in [6.45, 7) is 1.92. The molecule has 1 aromatic carbocycles. The van der Waals surface area contributed by atoms with Gasteiger partial charge >= 0.3 is 0 Å². The van der Waals surface area contributed by atoms with Gasteiger partial charge in [0.1, 0.15) is 5.82 Å². The van der Waals surface area contributed by atoms with Gasteiger partial charge in [-0.1, -0.05) is 6.42 Å². The number of aromatic amines is 1. The highest BCUT2D eigenvalue weighted by molar-refractivity contribution is 5.93. The van der Waals surface area contributed by atoms with E-state index < -0.39 is 0 Å². The SMILES string of the molecule is Cc1nc2ccc(NC(=O)C[C@@H]3CCC[C@H]3N)cc2[nH]1.Cl.Cl. The van der Waals surface area contributed by atoms with Gasteiger partial charge in [0.15, 0.2) is 0 Å². The molecular formula is C15H22Cl2N4O. The molecule has 0 radical (unpaired) electrons. The van der Waals surface area contributed by atoms with Crippen LogP contribution < -0.4 is 11.1 Å². The van der Waals surface area contributed by atoms with Gasteiger partial charge in [0, 0.05) is 18.2 Å². The number of H-pyrrole nitrogens is 1.